The number of hydrogen-bond donors (Lipinski definition) is 6. The molecule has 0 aliphatic carbocycles. The molecule has 0 aliphatic rings. The van der Waals surface area contributed by atoms with Crippen molar-refractivity contribution in [1.29, 1.82) is 0 Å². The van der Waals surface area contributed by atoms with Gasteiger partial charge in [-0.2, -0.15) is 0 Å². The van der Waals surface area contributed by atoms with Gasteiger partial charge in [-0.25, -0.2) is 0 Å². The Kier molecular flexibility index (Phi) is 6.91. The van der Waals surface area contributed by atoms with E-state index in [0.29, 0.717) is 5.56 Å². The lowest BCUT2D eigenvalue weighted by Crippen LogP contribution is -2.36. The van der Waals surface area contributed by atoms with Crippen LogP contribution in [0.4, 0.5) is 0 Å². The van der Waals surface area contributed by atoms with E-state index in [1.165, 1.54) is 30.3 Å². The summed E-state index contributed by atoms with van der Waals surface area (Å²) in [5, 5.41) is 46.5. The van der Waals surface area contributed by atoms with Crippen LogP contribution in [-0.4, -0.2) is 37.5 Å². The molecule has 1 aromatic heterocycles. The number of phenols is 3. The van der Waals surface area contributed by atoms with Crippen LogP contribution in [0.2, 0.25) is 0 Å². The third-order valence-corrected chi connectivity index (χ3v) is 4.61. The van der Waals surface area contributed by atoms with Crippen LogP contribution in [0.3, 0.4) is 0 Å². The van der Waals surface area contributed by atoms with Gasteiger partial charge in [-0.3, -0.25) is 9.59 Å². The molecule has 30 heavy (non-hydrogen) atoms. The molecule has 1 heterocycles. The molecule has 0 amide bonds. The fourth-order valence-corrected chi connectivity index (χ4v) is 2.58. The average molecular weight is 417 g/mol. The fourth-order valence-electron chi connectivity index (χ4n) is 2.58. The second kappa shape index (κ2) is 9.19. The molecular weight excluding hydrogens is 394 g/mol. The van der Waals surface area contributed by atoms with Gasteiger partial charge in [0.2, 0.25) is 11.2 Å². The van der Waals surface area contributed by atoms with E-state index >= 15 is 0 Å². The van der Waals surface area contributed by atoms with Crippen molar-refractivity contribution in [3.8, 4) is 34.3 Å². The van der Waals surface area contributed by atoms with Crippen molar-refractivity contribution in [2.45, 2.75) is 26.3 Å². The standard InChI is InChI=1S/C15H10O6.C6H13NO2/c16-8-3-1-7(2-4-8)15-14(20)13(19)12-10(18)5-9(17)6-11(12)21-15;1-3-4(2)5(7)6(8)9/h1-6,16-18,20H;4-5H,3,7H2,1-2H3,(H,8,9)/t;4-,5-/m.0/s1. The second-order valence-electron chi connectivity index (χ2n) is 6.74. The van der Waals surface area contributed by atoms with Crippen molar-refractivity contribution in [2.75, 3.05) is 0 Å². The van der Waals surface area contributed by atoms with E-state index in [0.717, 1.165) is 12.5 Å². The van der Waals surface area contributed by atoms with E-state index in [1.54, 1.807) is 0 Å². The maximum atomic E-state index is 12.1. The van der Waals surface area contributed by atoms with Gasteiger partial charge in [0.1, 0.15) is 34.3 Å². The molecule has 7 N–H and O–H groups in total. The number of nitrogens with two attached hydrogens (primary N) is 1. The number of rotatable bonds is 4. The molecule has 2 aromatic carbocycles. The minimum atomic E-state index is -0.913. The highest BCUT2D eigenvalue weighted by atomic mass is 16.4. The Morgan fingerprint density at radius 1 is 1.07 bits per heavy atom. The predicted molar refractivity (Wildman–Crippen MR) is 110 cm³/mol. The molecule has 0 aliphatic heterocycles. The summed E-state index contributed by atoms with van der Waals surface area (Å²) in [4.78, 5) is 22.3. The first-order valence-electron chi connectivity index (χ1n) is 9.06. The van der Waals surface area contributed by atoms with Crippen LogP contribution < -0.4 is 11.2 Å². The minimum Gasteiger partial charge on any atom is -0.508 e. The first kappa shape index (κ1) is 22.6. The van der Waals surface area contributed by atoms with Crippen molar-refractivity contribution in [3.05, 3.63) is 46.6 Å². The molecule has 0 saturated carbocycles. The third kappa shape index (κ3) is 4.81. The molecule has 0 radical (unpaired) electrons. The zero-order valence-electron chi connectivity index (χ0n) is 16.4. The van der Waals surface area contributed by atoms with E-state index < -0.39 is 28.9 Å². The Balaban J connectivity index is 0.000000303. The molecule has 0 spiro atoms. The molecule has 0 bridgehead atoms. The summed E-state index contributed by atoms with van der Waals surface area (Å²) in [6.07, 6.45) is 0.813. The number of aromatic hydroxyl groups is 4. The van der Waals surface area contributed by atoms with Crippen LogP contribution in [0.15, 0.2) is 45.6 Å². The van der Waals surface area contributed by atoms with Gasteiger partial charge in [0, 0.05) is 17.7 Å². The summed E-state index contributed by atoms with van der Waals surface area (Å²) >= 11 is 0. The van der Waals surface area contributed by atoms with Gasteiger partial charge in [-0.1, -0.05) is 20.3 Å². The molecule has 3 rings (SSSR count). The van der Waals surface area contributed by atoms with E-state index in [9.17, 15) is 30.0 Å². The molecular formula is C21H23NO8. The SMILES string of the molecule is CC[C@H](C)[C@H](N)C(=O)O.O=c1c(O)c(-c2ccc(O)cc2)oc2cc(O)cc(O)c12. The lowest BCUT2D eigenvalue weighted by molar-refractivity contribution is -0.139. The quantitative estimate of drug-likeness (QED) is 0.373. The van der Waals surface area contributed by atoms with Gasteiger partial charge in [0.15, 0.2) is 5.76 Å². The van der Waals surface area contributed by atoms with E-state index in [-0.39, 0.29) is 34.1 Å². The summed E-state index contributed by atoms with van der Waals surface area (Å²) in [7, 11) is 0. The number of fused-ring (bicyclic) bond motifs is 1. The van der Waals surface area contributed by atoms with Crippen LogP contribution in [-0.2, 0) is 4.79 Å². The smallest absolute Gasteiger partial charge is 0.320 e. The number of benzene rings is 2. The lowest BCUT2D eigenvalue weighted by atomic mass is 10.0. The highest BCUT2D eigenvalue weighted by Gasteiger charge is 2.19. The number of carboxylic acid groups (broad SMARTS) is 1. The number of carboxylic acids is 1. The molecule has 9 nitrogen and oxygen atoms in total. The number of carbonyl (C=O) groups is 1. The molecule has 0 saturated heterocycles. The summed E-state index contributed by atoms with van der Waals surface area (Å²) in [6.45, 7) is 3.76. The Labute approximate surface area is 171 Å². The molecule has 9 heteroatoms. The average Bonchev–Trinajstić information content (AvgIpc) is 2.70. The van der Waals surface area contributed by atoms with Crippen LogP contribution >= 0.6 is 0 Å². The van der Waals surface area contributed by atoms with Crippen LogP contribution in [0.5, 0.6) is 23.0 Å². The summed E-state index contributed by atoms with van der Waals surface area (Å²) in [5.74, 6) is -2.34. The van der Waals surface area contributed by atoms with Gasteiger partial charge < -0.3 is 35.7 Å². The monoisotopic (exact) mass is 417 g/mol. The molecule has 160 valence electrons. The topological polar surface area (TPSA) is 174 Å². The second-order valence-corrected chi connectivity index (χ2v) is 6.74. The number of hydrogen-bond acceptors (Lipinski definition) is 8. The van der Waals surface area contributed by atoms with Crippen molar-refractivity contribution < 1.29 is 34.7 Å². The largest absolute Gasteiger partial charge is 0.508 e. The van der Waals surface area contributed by atoms with E-state index in [1.807, 2.05) is 13.8 Å². The molecule has 3 aromatic rings. The highest BCUT2D eigenvalue weighted by molar-refractivity contribution is 5.88. The fraction of sp³-hybridized carbons (Fsp3) is 0.238. The first-order valence-corrected chi connectivity index (χ1v) is 9.06. The van der Waals surface area contributed by atoms with Crippen molar-refractivity contribution in [3.63, 3.8) is 0 Å². The Bertz CT molecular complexity index is 1100. The zero-order valence-corrected chi connectivity index (χ0v) is 16.4. The van der Waals surface area contributed by atoms with Crippen LogP contribution in [0, 0.1) is 5.92 Å². The van der Waals surface area contributed by atoms with Gasteiger partial charge in [0.05, 0.1) is 0 Å². The van der Waals surface area contributed by atoms with Crippen molar-refractivity contribution >= 4 is 16.9 Å². The number of aliphatic carboxylic acids is 1. The molecule has 2 atom stereocenters. The number of phenolic OH excluding ortho intramolecular Hbond substituents is 3. The third-order valence-electron chi connectivity index (χ3n) is 4.61. The summed E-state index contributed by atoms with van der Waals surface area (Å²) in [6, 6.07) is 7.12. The highest BCUT2D eigenvalue weighted by Crippen LogP contribution is 2.35. The van der Waals surface area contributed by atoms with Crippen LogP contribution in [0.1, 0.15) is 20.3 Å². The van der Waals surface area contributed by atoms with Crippen molar-refractivity contribution in [1.82, 2.24) is 0 Å². The summed E-state index contributed by atoms with van der Waals surface area (Å²) < 4.78 is 5.41. The maximum absolute atomic E-state index is 12.1. The van der Waals surface area contributed by atoms with Gasteiger partial charge in [-0.05, 0) is 30.2 Å². The first-order chi connectivity index (χ1) is 14.1. The summed E-state index contributed by atoms with van der Waals surface area (Å²) in [5.41, 5.74) is 4.77. The zero-order chi connectivity index (χ0) is 22.6. The Morgan fingerprint density at radius 3 is 2.17 bits per heavy atom. The van der Waals surface area contributed by atoms with Crippen LogP contribution in [0.25, 0.3) is 22.3 Å². The Hall–Kier alpha value is -3.72. The lowest BCUT2D eigenvalue weighted by Gasteiger charge is -2.11. The Morgan fingerprint density at radius 2 is 1.67 bits per heavy atom. The van der Waals surface area contributed by atoms with E-state index in [4.69, 9.17) is 15.3 Å². The predicted octanol–water partition coefficient (Wildman–Crippen LogP) is 2.73. The van der Waals surface area contributed by atoms with Gasteiger partial charge >= 0.3 is 5.97 Å². The van der Waals surface area contributed by atoms with E-state index in [2.05, 4.69) is 0 Å². The molecule has 0 unspecified atom stereocenters. The molecule has 0 fully saturated rings. The minimum absolute atomic E-state index is 0.0247. The van der Waals surface area contributed by atoms with Gasteiger partial charge in [0.25, 0.3) is 0 Å². The normalized spacial score (nSPS) is 12.6. The van der Waals surface area contributed by atoms with Gasteiger partial charge in [-0.15, -0.1) is 0 Å². The van der Waals surface area contributed by atoms with Crippen molar-refractivity contribution in [2.24, 2.45) is 11.7 Å². The maximum Gasteiger partial charge on any atom is 0.320 e.